The fourth-order valence-electron chi connectivity index (χ4n) is 2.56. The molecule has 0 fully saturated rings. The lowest BCUT2D eigenvalue weighted by Crippen LogP contribution is -2.31. The summed E-state index contributed by atoms with van der Waals surface area (Å²) in [5.74, 6) is 0.562. The van der Waals surface area contributed by atoms with E-state index in [1.165, 1.54) is 7.11 Å². The standard InChI is InChI=1S/C18H27N7O2/c1-11-7-8-12(14(26)24-27-6)9-13(11)20-16-21-15(19)22-17(23-16)25(5)10-18(2,3)4/h7-9H,10H2,1-6H3,(H,24,26)(H3,19,20,21,22,23). The van der Waals surface area contributed by atoms with Gasteiger partial charge < -0.3 is 16.0 Å². The van der Waals surface area contributed by atoms with Gasteiger partial charge in [0.25, 0.3) is 5.91 Å². The molecule has 4 N–H and O–H groups in total. The zero-order chi connectivity index (χ0) is 20.2. The number of aromatic nitrogens is 3. The molecule has 9 heteroatoms. The first kappa shape index (κ1) is 20.4. The van der Waals surface area contributed by atoms with Crippen LogP contribution < -0.4 is 21.4 Å². The maximum absolute atomic E-state index is 12.0. The molecule has 0 saturated carbocycles. The van der Waals surface area contributed by atoms with Gasteiger partial charge in [0.2, 0.25) is 17.8 Å². The topological polar surface area (TPSA) is 118 Å². The summed E-state index contributed by atoms with van der Waals surface area (Å²) in [7, 11) is 3.29. The lowest BCUT2D eigenvalue weighted by atomic mass is 9.96. The van der Waals surface area contributed by atoms with Crippen LogP contribution >= 0.6 is 0 Å². The van der Waals surface area contributed by atoms with Crippen molar-refractivity contribution in [3.63, 3.8) is 0 Å². The monoisotopic (exact) mass is 373 g/mol. The SMILES string of the molecule is CONC(=O)c1ccc(C)c(Nc2nc(N)nc(N(C)CC(C)(C)C)n2)c1. The number of anilines is 4. The number of nitrogens with zero attached hydrogens (tertiary/aromatic N) is 4. The van der Waals surface area contributed by atoms with Gasteiger partial charge in [0.1, 0.15) is 0 Å². The second-order valence-electron chi connectivity index (χ2n) is 7.52. The normalized spacial score (nSPS) is 11.2. The van der Waals surface area contributed by atoms with Crippen LogP contribution in [0, 0.1) is 12.3 Å². The van der Waals surface area contributed by atoms with Crippen molar-refractivity contribution in [1.29, 1.82) is 0 Å². The number of carbonyl (C=O) groups excluding carboxylic acids is 1. The average molecular weight is 373 g/mol. The molecule has 0 radical (unpaired) electrons. The molecule has 0 bridgehead atoms. The summed E-state index contributed by atoms with van der Waals surface area (Å²) in [6, 6.07) is 5.23. The molecule has 9 nitrogen and oxygen atoms in total. The Labute approximate surface area is 159 Å². The Morgan fingerprint density at radius 3 is 2.59 bits per heavy atom. The second kappa shape index (κ2) is 8.17. The lowest BCUT2D eigenvalue weighted by molar-refractivity contribution is 0.0537. The summed E-state index contributed by atoms with van der Waals surface area (Å²) in [4.78, 5) is 31.4. The van der Waals surface area contributed by atoms with Crippen LogP contribution in [0.1, 0.15) is 36.7 Å². The third-order valence-electron chi connectivity index (χ3n) is 3.63. The number of rotatable bonds is 6. The van der Waals surface area contributed by atoms with E-state index in [0.29, 0.717) is 23.1 Å². The first-order valence-electron chi connectivity index (χ1n) is 8.53. The minimum atomic E-state index is -0.346. The summed E-state index contributed by atoms with van der Waals surface area (Å²) in [5, 5.41) is 3.12. The Bertz CT molecular complexity index is 818. The Morgan fingerprint density at radius 2 is 1.96 bits per heavy atom. The number of nitrogens with one attached hydrogen (secondary N) is 2. The van der Waals surface area contributed by atoms with Crippen LogP contribution in [0.5, 0.6) is 0 Å². The molecule has 1 aromatic carbocycles. The first-order chi connectivity index (χ1) is 12.6. The van der Waals surface area contributed by atoms with Crippen molar-refractivity contribution in [2.75, 3.05) is 36.7 Å². The third-order valence-corrected chi connectivity index (χ3v) is 3.63. The molecular weight excluding hydrogens is 346 g/mol. The summed E-state index contributed by atoms with van der Waals surface area (Å²) in [6.07, 6.45) is 0. The molecule has 0 saturated heterocycles. The van der Waals surface area contributed by atoms with Crippen molar-refractivity contribution in [1.82, 2.24) is 20.4 Å². The molecule has 0 atom stereocenters. The van der Waals surface area contributed by atoms with Crippen LogP contribution in [-0.4, -0.2) is 41.6 Å². The van der Waals surface area contributed by atoms with Gasteiger partial charge in [0.15, 0.2) is 0 Å². The number of nitrogen functional groups attached to an aromatic ring is 1. The van der Waals surface area contributed by atoms with E-state index >= 15 is 0 Å². The number of nitrogens with two attached hydrogens (primary N) is 1. The molecule has 1 heterocycles. The van der Waals surface area contributed by atoms with Crippen molar-refractivity contribution >= 4 is 29.4 Å². The van der Waals surface area contributed by atoms with E-state index in [2.05, 4.69) is 51.4 Å². The van der Waals surface area contributed by atoms with Gasteiger partial charge >= 0.3 is 0 Å². The average Bonchev–Trinajstić information content (AvgIpc) is 2.55. The molecule has 1 amide bonds. The molecule has 0 unspecified atom stereocenters. The van der Waals surface area contributed by atoms with Gasteiger partial charge in [-0.1, -0.05) is 26.8 Å². The zero-order valence-corrected chi connectivity index (χ0v) is 16.6. The van der Waals surface area contributed by atoms with Crippen LogP contribution in [0.3, 0.4) is 0 Å². The molecule has 2 aromatic rings. The minimum Gasteiger partial charge on any atom is -0.368 e. The number of aryl methyl sites for hydroxylation is 1. The van der Waals surface area contributed by atoms with E-state index in [1.54, 1.807) is 12.1 Å². The van der Waals surface area contributed by atoms with Gasteiger partial charge in [0, 0.05) is 24.8 Å². The van der Waals surface area contributed by atoms with Crippen molar-refractivity contribution in [3.8, 4) is 0 Å². The summed E-state index contributed by atoms with van der Waals surface area (Å²) >= 11 is 0. The van der Waals surface area contributed by atoms with Crippen LogP contribution in [-0.2, 0) is 4.84 Å². The highest BCUT2D eigenvalue weighted by molar-refractivity contribution is 5.94. The Kier molecular flexibility index (Phi) is 6.17. The molecular formula is C18H27N7O2. The van der Waals surface area contributed by atoms with Crippen LogP contribution in [0.25, 0.3) is 0 Å². The number of hydrogen-bond acceptors (Lipinski definition) is 8. The third kappa shape index (κ3) is 5.78. The van der Waals surface area contributed by atoms with Gasteiger partial charge in [-0.25, -0.2) is 5.48 Å². The van der Waals surface area contributed by atoms with Crippen molar-refractivity contribution in [2.24, 2.45) is 5.41 Å². The fourth-order valence-corrected chi connectivity index (χ4v) is 2.56. The quantitative estimate of drug-likeness (QED) is 0.660. The predicted octanol–water partition coefficient (Wildman–Crippen LogP) is 2.28. The van der Waals surface area contributed by atoms with E-state index in [0.717, 1.165) is 12.1 Å². The summed E-state index contributed by atoms with van der Waals surface area (Å²) < 4.78 is 0. The highest BCUT2D eigenvalue weighted by Crippen LogP contribution is 2.23. The largest absolute Gasteiger partial charge is 0.368 e. The second-order valence-corrected chi connectivity index (χ2v) is 7.52. The molecule has 146 valence electrons. The van der Waals surface area contributed by atoms with E-state index in [9.17, 15) is 4.79 Å². The number of amides is 1. The fraction of sp³-hybridized carbons (Fsp3) is 0.444. The van der Waals surface area contributed by atoms with E-state index in [4.69, 9.17) is 5.73 Å². The molecule has 0 aliphatic heterocycles. The Hall–Kier alpha value is -2.94. The molecule has 1 aromatic heterocycles. The smallest absolute Gasteiger partial charge is 0.274 e. The summed E-state index contributed by atoms with van der Waals surface area (Å²) in [5.41, 5.74) is 10.3. The van der Waals surface area contributed by atoms with Crippen LogP contribution in [0.15, 0.2) is 18.2 Å². The van der Waals surface area contributed by atoms with E-state index in [-0.39, 0.29) is 17.3 Å². The number of hydrogen-bond donors (Lipinski definition) is 3. The van der Waals surface area contributed by atoms with Crippen LogP contribution in [0.2, 0.25) is 0 Å². The number of benzene rings is 1. The van der Waals surface area contributed by atoms with Crippen LogP contribution in [0.4, 0.5) is 23.5 Å². The van der Waals surface area contributed by atoms with Crippen molar-refractivity contribution < 1.29 is 9.63 Å². The predicted molar refractivity (Wildman–Crippen MR) is 106 cm³/mol. The van der Waals surface area contributed by atoms with Crippen molar-refractivity contribution in [2.45, 2.75) is 27.7 Å². The Balaban J connectivity index is 2.29. The minimum absolute atomic E-state index is 0.0728. The number of carbonyl (C=O) groups is 1. The van der Waals surface area contributed by atoms with Gasteiger partial charge in [-0.15, -0.1) is 0 Å². The highest BCUT2D eigenvalue weighted by Gasteiger charge is 2.17. The lowest BCUT2D eigenvalue weighted by Gasteiger charge is -2.26. The highest BCUT2D eigenvalue weighted by atomic mass is 16.6. The van der Waals surface area contributed by atoms with Gasteiger partial charge in [-0.05, 0) is 30.0 Å². The van der Waals surface area contributed by atoms with E-state index in [1.807, 2.05) is 24.9 Å². The molecule has 0 aliphatic carbocycles. The first-order valence-corrected chi connectivity index (χ1v) is 8.53. The van der Waals surface area contributed by atoms with Gasteiger partial charge in [0.05, 0.1) is 7.11 Å². The molecule has 0 aliphatic rings. The van der Waals surface area contributed by atoms with E-state index < -0.39 is 0 Å². The summed E-state index contributed by atoms with van der Waals surface area (Å²) in [6.45, 7) is 9.06. The zero-order valence-electron chi connectivity index (χ0n) is 16.6. The van der Waals surface area contributed by atoms with Gasteiger partial charge in [-0.3, -0.25) is 9.63 Å². The number of hydroxylamine groups is 1. The Morgan fingerprint density at radius 1 is 1.26 bits per heavy atom. The molecule has 27 heavy (non-hydrogen) atoms. The maximum Gasteiger partial charge on any atom is 0.274 e. The van der Waals surface area contributed by atoms with Gasteiger partial charge in [-0.2, -0.15) is 15.0 Å². The molecule has 0 spiro atoms. The molecule has 2 rings (SSSR count). The van der Waals surface area contributed by atoms with Crippen molar-refractivity contribution in [3.05, 3.63) is 29.3 Å². The maximum atomic E-state index is 12.0.